The zero-order valence-electron chi connectivity index (χ0n) is 15.9. The van der Waals surface area contributed by atoms with Crippen LogP contribution in [-0.4, -0.2) is 49.6 Å². The number of carbonyl (C=O) groups is 2. The fourth-order valence-electron chi connectivity index (χ4n) is 3.06. The Bertz CT molecular complexity index is 595. The van der Waals surface area contributed by atoms with Crippen LogP contribution >= 0.6 is 0 Å². The van der Waals surface area contributed by atoms with E-state index in [4.69, 9.17) is 9.47 Å². The molecule has 1 fully saturated rings. The zero-order valence-corrected chi connectivity index (χ0v) is 15.9. The molecule has 144 valence electrons. The topological polar surface area (TPSA) is 67.9 Å². The molecule has 1 aliphatic rings. The highest BCUT2D eigenvalue weighted by atomic mass is 16.5. The van der Waals surface area contributed by atoms with Crippen molar-refractivity contribution >= 4 is 11.8 Å². The molecule has 6 nitrogen and oxygen atoms in total. The largest absolute Gasteiger partial charge is 0.490 e. The highest BCUT2D eigenvalue weighted by Gasteiger charge is 2.16. The van der Waals surface area contributed by atoms with Crippen molar-refractivity contribution < 1.29 is 19.1 Å². The van der Waals surface area contributed by atoms with E-state index in [2.05, 4.69) is 5.32 Å². The van der Waals surface area contributed by atoms with Gasteiger partial charge in [0.05, 0.1) is 13.2 Å². The fraction of sp³-hybridized carbons (Fsp3) is 0.600. The Labute approximate surface area is 155 Å². The number of amides is 2. The summed E-state index contributed by atoms with van der Waals surface area (Å²) in [6, 6.07) is 5.13. The summed E-state index contributed by atoms with van der Waals surface area (Å²) in [5.41, 5.74) is 0.499. The molecular weight excluding hydrogens is 332 g/mol. The lowest BCUT2D eigenvalue weighted by Gasteiger charge is -2.20. The van der Waals surface area contributed by atoms with Crippen molar-refractivity contribution in [2.75, 3.05) is 32.8 Å². The van der Waals surface area contributed by atoms with Gasteiger partial charge in [-0.3, -0.25) is 9.59 Å². The Morgan fingerprint density at radius 2 is 1.65 bits per heavy atom. The predicted octanol–water partition coefficient (Wildman–Crippen LogP) is 3.01. The molecule has 0 radical (unpaired) electrons. The summed E-state index contributed by atoms with van der Waals surface area (Å²) in [5.74, 6) is 1.09. The Morgan fingerprint density at radius 1 is 1.00 bits per heavy atom. The molecule has 1 aromatic carbocycles. The standard InChI is InChI=1S/C20H30N2O4/c1-3-25-17-10-9-16(15-18(17)26-4-2)20(24)21-12-11-19(23)22-13-7-5-6-8-14-22/h9-10,15H,3-8,11-14H2,1-2H3,(H,21,24). The Kier molecular flexibility index (Phi) is 8.25. The molecule has 0 unspecified atom stereocenters. The van der Waals surface area contributed by atoms with E-state index in [0.717, 1.165) is 25.9 Å². The van der Waals surface area contributed by atoms with Crippen LogP contribution in [0.2, 0.25) is 0 Å². The summed E-state index contributed by atoms with van der Waals surface area (Å²) in [6.07, 6.45) is 4.87. The third-order valence-corrected chi connectivity index (χ3v) is 4.39. The molecule has 1 N–H and O–H groups in total. The molecule has 1 aliphatic heterocycles. The number of ether oxygens (including phenoxy) is 2. The van der Waals surface area contributed by atoms with Gasteiger partial charge in [0.15, 0.2) is 11.5 Å². The van der Waals surface area contributed by atoms with Gasteiger partial charge in [0.25, 0.3) is 5.91 Å². The highest BCUT2D eigenvalue weighted by Crippen LogP contribution is 2.28. The maximum atomic E-state index is 12.4. The van der Waals surface area contributed by atoms with Gasteiger partial charge < -0.3 is 19.7 Å². The van der Waals surface area contributed by atoms with Gasteiger partial charge in [0.1, 0.15) is 0 Å². The van der Waals surface area contributed by atoms with Crippen LogP contribution in [0.15, 0.2) is 18.2 Å². The first-order valence-electron chi connectivity index (χ1n) is 9.61. The third kappa shape index (κ3) is 5.93. The van der Waals surface area contributed by atoms with Crippen LogP contribution < -0.4 is 14.8 Å². The lowest BCUT2D eigenvalue weighted by Crippen LogP contribution is -2.35. The first kappa shape index (κ1) is 20.1. The van der Waals surface area contributed by atoms with Gasteiger partial charge >= 0.3 is 0 Å². The second-order valence-electron chi connectivity index (χ2n) is 6.33. The first-order valence-corrected chi connectivity index (χ1v) is 9.61. The van der Waals surface area contributed by atoms with Gasteiger partial charge in [-0.15, -0.1) is 0 Å². The van der Waals surface area contributed by atoms with Crippen LogP contribution in [0.1, 0.15) is 56.3 Å². The second kappa shape index (κ2) is 10.7. The van der Waals surface area contributed by atoms with Gasteiger partial charge in [-0.1, -0.05) is 12.8 Å². The van der Waals surface area contributed by atoms with Crippen LogP contribution in [0.25, 0.3) is 0 Å². The minimum atomic E-state index is -0.210. The lowest BCUT2D eigenvalue weighted by atomic mass is 10.2. The Morgan fingerprint density at radius 3 is 2.31 bits per heavy atom. The van der Waals surface area contributed by atoms with E-state index in [9.17, 15) is 9.59 Å². The molecule has 1 heterocycles. The molecule has 1 aromatic rings. The zero-order chi connectivity index (χ0) is 18.8. The Balaban J connectivity index is 1.86. The second-order valence-corrected chi connectivity index (χ2v) is 6.33. The minimum Gasteiger partial charge on any atom is -0.490 e. The number of rotatable bonds is 8. The van der Waals surface area contributed by atoms with Gasteiger partial charge in [-0.2, -0.15) is 0 Å². The molecule has 0 atom stereocenters. The fourth-order valence-corrected chi connectivity index (χ4v) is 3.06. The molecule has 2 amide bonds. The van der Waals surface area contributed by atoms with E-state index >= 15 is 0 Å². The third-order valence-electron chi connectivity index (χ3n) is 4.39. The predicted molar refractivity (Wildman–Crippen MR) is 101 cm³/mol. The van der Waals surface area contributed by atoms with Crippen molar-refractivity contribution in [3.05, 3.63) is 23.8 Å². The summed E-state index contributed by atoms with van der Waals surface area (Å²) >= 11 is 0. The molecule has 0 saturated carbocycles. The number of carbonyl (C=O) groups excluding carboxylic acids is 2. The number of nitrogens with one attached hydrogen (secondary N) is 1. The summed E-state index contributed by atoms with van der Waals surface area (Å²) in [5, 5.41) is 2.82. The van der Waals surface area contributed by atoms with E-state index in [0.29, 0.717) is 43.2 Å². The van der Waals surface area contributed by atoms with Crippen LogP contribution in [0.5, 0.6) is 11.5 Å². The maximum absolute atomic E-state index is 12.4. The molecule has 1 saturated heterocycles. The van der Waals surface area contributed by atoms with E-state index in [1.54, 1.807) is 18.2 Å². The van der Waals surface area contributed by atoms with Crippen molar-refractivity contribution in [1.82, 2.24) is 10.2 Å². The van der Waals surface area contributed by atoms with Crippen LogP contribution in [0, 0.1) is 0 Å². The quantitative estimate of drug-likeness (QED) is 0.772. The Hall–Kier alpha value is -2.24. The number of nitrogens with zero attached hydrogens (tertiary/aromatic N) is 1. The lowest BCUT2D eigenvalue weighted by molar-refractivity contribution is -0.131. The number of benzene rings is 1. The number of hydrogen-bond donors (Lipinski definition) is 1. The monoisotopic (exact) mass is 362 g/mol. The molecule has 26 heavy (non-hydrogen) atoms. The van der Waals surface area contributed by atoms with E-state index in [1.807, 2.05) is 18.7 Å². The van der Waals surface area contributed by atoms with Gasteiger partial charge in [-0.05, 0) is 44.9 Å². The van der Waals surface area contributed by atoms with Crippen LogP contribution in [0.4, 0.5) is 0 Å². The molecule has 0 spiro atoms. The summed E-state index contributed by atoms with van der Waals surface area (Å²) < 4.78 is 11.1. The van der Waals surface area contributed by atoms with Gasteiger partial charge in [0.2, 0.25) is 5.91 Å². The number of hydrogen-bond acceptors (Lipinski definition) is 4. The summed E-state index contributed by atoms with van der Waals surface area (Å²) in [4.78, 5) is 26.5. The van der Waals surface area contributed by atoms with Crippen LogP contribution in [0.3, 0.4) is 0 Å². The van der Waals surface area contributed by atoms with Gasteiger partial charge in [0, 0.05) is 31.6 Å². The van der Waals surface area contributed by atoms with Crippen molar-refractivity contribution in [3.8, 4) is 11.5 Å². The van der Waals surface area contributed by atoms with E-state index < -0.39 is 0 Å². The normalized spacial score (nSPS) is 14.5. The molecular formula is C20H30N2O4. The molecule has 0 aromatic heterocycles. The highest BCUT2D eigenvalue weighted by molar-refractivity contribution is 5.95. The SMILES string of the molecule is CCOc1ccc(C(=O)NCCC(=O)N2CCCCCC2)cc1OCC. The number of likely N-dealkylation sites (tertiary alicyclic amines) is 1. The smallest absolute Gasteiger partial charge is 0.251 e. The van der Waals surface area contributed by atoms with E-state index in [1.165, 1.54) is 12.8 Å². The van der Waals surface area contributed by atoms with Crippen molar-refractivity contribution in [2.24, 2.45) is 0 Å². The van der Waals surface area contributed by atoms with Crippen molar-refractivity contribution in [1.29, 1.82) is 0 Å². The molecule has 0 bridgehead atoms. The summed E-state index contributed by atoms with van der Waals surface area (Å²) in [7, 11) is 0. The first-order chi connectivity index (χ1) is 12.7. The van der Waals surface area contributed by atoms with Crippen molar-refractivity contribution in [2.45, 2.75) is 46.0 Å². The maximum Gasteiger partial charge on any atom is 0.251 e. The van der Waals surface area contributed by atoms with Gasteiger partial charge in [-0.25, -0.2) is 0 Å². The van der Waals surface area contributed by atoms with Crippen LogP contribution in [-0.2, 0) is 4.79 Å². The van der Waals surface area contributed by atoms with Crippen molar-refractivity contribution in [3.63, 3.8) is 0 Å². The minimum absolute atomic E-state index is 0.119. The molecule has 0 aliphatic carbocycles. The summed E-state index contributed by atoms with van der Waals surface area (Å²) in [6.45, 7) is 6.83. The molecule has 6 heteroatoms. The molecule has 2 rings (SSSR count). The average molecular weight is 362 g/mol. The van der Waals surface area contributed by atoms with E-state index in [-0.39, 0.29) is 11.8 Å². The average Bonchev–Trinajstić information content (AvgIpc) is 2.93.